The Bertz CT molecular complexity index is 718. The van der Waals surface area contributed by atoms with E-state index in [4.69, 9.17) is 4.74 Å². The highest BCUT2D eigenvalue weighted by molar-refractivity contribution is 9.10. The van der Waals surface area contributed by atoms with Gasteiger partial charge in [-0.05, 0) is 48.1 Å². The molecular formula is C17H17BrFNO2S. The first-order chi connectivity index (χ1) is 11.1. The molecule has 23 heavy (non-hydrogen) atoms. The van der Waals surface area contributed by atoms with Gasteiger partial charge in [-0.1, -0.05) is 22.9 Å². The Morgan fingerprint density at radius 1 is 1.48 bits per heavy atom. The summed E-state index contributed by atoms with van der Waals surface area (Å²) in [5.41, 5.74) is 1.24. The first-order valence-corrected chi connectivity index (χ1v) is 9.21. The zero-order chi connectivity index (χ0) is 16.4. The summed E-state index contributed by atoms with van der Waals surface area (Å²) in [7, 11) is 0. The number of benzene rings is 1. The SMILES string of the molecule is CCC1c2ccsc2CCN1C(=O)COc1ccc(Br)cc1F. The lowest BCUT2D eigenvalue weighted by molar-refractivity contribution is -0.136. The maximum Gasteiger partial charge on any atom is 0.261 e. The predicted molar refractivity (Wildman–Crippen MR) is 92.4 cm³/mol. The van der Waals surface area contributed by atoms with Crippen molar-refractivity contribution in [2.24, 2.45) is 0 Å². The lowest BCUT2D eigenvalue weighted by Crippen LogP contribution is -2.41. The third kappa shape index (κ3) is 3.43. The van der Waals surface area contributed by atoms with Crippen molar-refractivity contribution >= 4 is 33.2 Å². The van der Waals surface area contributed by atoms with Gasteiger partial charge in [-0.3, -0.25) is 4.79 Å². The number of nitrogens with zero attached hydrogens (tertiary/aromatic N) is 1. The first kappa shape index (κ1) is 16.5. The van der Waals surface area contributed by atoms with Gasteiger partial charge >= 0.3 is 0 Å². The van der Waals surface area contributed by atoms with Gasteiger partial charge in [0.15, 0.2) is 18.2 Å². The van der Waals surface area contributed by atoms with Crippen LogP contribution in [0.5, 0.6) is 5.75 Å². The summed E-state index contributed by atoms with van der Waals surface area (Å²) in [6, 6.07) is 6.74. The van der Waals surface area contributed by atoms with Gasteiger partial charge < -0.3 is 9.64 Å². The quantitative estimate of drug-likeness (QED) is 0.756. The van der Waals surface area contributed by atoms with Gasteiger partial charge in [0.05, 0.1) is 6.04 Å². The Balaban J connectivity index is 1.68. The summed E-state index contributed by atoms with van der Waals surface area (Å²) < 4.78 is 19.8. The summed E-state index contributed by atoms with van der Waals surface area (Å²) in [5, 5.41) is 2.08. The zero-order valence-corrected chi connectivity index (χ0v) is 15.1. The predicted octanol–water partition coefficient (Wildman–Crippen LogP) is 4.56. The Hall–Kier alpha value is -1.40. The molecule has 1 aliphatic heterocycles. The van der Waals surface area contributed by atoms with Crippen LogP contribution in [0.3, 0.4) is 0 Å². The van der Waals surface area contributed by atoms with Gasteiger partial charge in [0.25, 0.3) is 5.91 Å². The highest BCUT2D eigenvalue weighted by Crippen LogP contribution is 2.35. The van der Waals surface area contributed by atoms with Gasteiger partial charge in [0.2, 0.25) is 0 Å². The van der Waals surface area contributed by atoms with E-state index in [0.29, 0.717) is 11.0 Å². The highest BCUT2D eigenvalue weighted by Gasteiger charge is 2.30. The van der Waals surface area contributed by atoms with Crippen molar-refractivity contribution in [2.75, 3.05) is 13.2 Å². The molecule has 1 unspecified atom stereocenters. The van der Waals surface area contributed by atoms with E-state index in [2.05, 4.69) is 34.3 Å². The molecule has 0 spiro atoms. The van der Waals surface area contributed by atoms with E-state index in [1.54, 1.807) is 17.4 Å². The first-order valence-electron chi connectivity index (χ1n) is 7.53. The van der Waals surface area contributed by atoms with Crippen LogP contribution in [-0.4, -0.2) is 24.0 Å². The summed E-state index contributed by atoms with van der Waals surface area (Å²) >= 11 is 4.95. The van der Waals surface area contributed by atoms with Crippen molar-refractivity contribution in [3.8, 4) is 5.75 Å². The normalized spacial score (nSPS) is 17.0. The van der Waals surface area contributed by atoms with Crippen LogP contribution in [0.4, 0.5) is 4.39 Å². The molecule has 1 aromatic heterocycles. The molecule has 0 aliphatic carbocycles. The second-order valence-electron chi connectivity index (χ2n) is 5.42. The van der Waals surface area contributed by atoms with E-state index < -0.39 is 5.82 Å². The van der Waals surface area contributed by atoms with Gasteiger partial charge in [-0.15, -0.1) is 11.3 Å². The number of carbonyl (C=O) groups excluding carboxylic acids is 1. The van der Waals surface area contributed by atoms with E-state index in [1.807, 2.05) is 4.90 Å². The lowest BCUT2D eigenvalue weighted by atomic mass is 9.98. The van der Waals surface area contributed by atoms with E-state index in [-0.39, 0.29) is 24.3 Å². The molecule has 0 bridgehead atoms. The lowest BCUT2D eigenvalue weighted by Gasteiger charge is -2.35. The number of amides is 1. The Morgan fingerprint density at radius 2 is 2.30 bits per heavy atom. The van der Waals surface area contributed by atoms with Crippen LogP contribution in [0.15, 0.2) is 34.1 Å². The van der Waals surface area contributed by atoms with Gasteiger partial charge in [0, 0.05) is 15.9 Å². The number of rotatable bonds is 4. The average molecular weight is 398 g/mol. The van der Waals surface area contributed by atoms with Crippen molar-refractivity contribution in [3.63, 3.8) is 0 Å². The maximum absolute atomic E-state index is 13.8. The molecular weight excluding hydrogens is 381 g/mol. The van der Waals surface area contributed by atoms with Crippen LogP contribution in [0, 0.1) is 5.82 Å². The molecule has 0 saturated heterocycles. The number of fused-ring (bicyclic) bond motifs is 1. The third-order valence-electron chi connectivity index (χ3n) is 4.05. The van der Waals surface area contributed by atoms with Crippen molar-refractivity contribution in [3.05, 3.63) is 50.4 Å². The van der Waals surface area contributed by atoms with Crippen LogP contribution < -0.4 is 4.74 Å². The van der Waals surface area contributed by atoms with E-state index in [0.717, 1.165) is 12.8 Å². The molecule has 0 fully saturated rings. The third-order valence-corrected chi connectivity index (χ3v) is 5.54. The van der Waals surface area contributed by atoms with Crippen LogP contribution in [-0.2, 0) is 11.2 Å². The Morgan fingerprint density at radius 3 is 3.04 bits per heavy atom. The second-order valence-corrected chi connectivity index (χ2v) is 7.34. The fourth-order valence-corrected chi connectivity index (χ4v) is 4.21. The number of halogens is 2. The smallest absolute Gasteiger partial charge is 0.261 e. The number of ether oxygens (including phenoxy) is 1. The zero-order valence-electron chi connectivity index (χ0n) is 12.7. The average Bonchev–Trinajstić information content (AvgIpc) is 3.01. The molecule has 3 nitrogen and oxygen atoms in total. The molecule has 1 atom stereocenters. The number of hydrogen-bond donors (Lipinski definition) is 0. The van der Waals surface area contributed by atoms with Crippen molar-refractivity contribution in [1.82, 2.24) is 4.90 Å². The fraction of sp³-hybridized carbons (Fsp3) is 0.353. The molecule has 0 N–H and O–H groups in total. The maximum atomic E-state index is 13.8. The van der Waals surface area contributed by atoms with Crippen LogP contribution in [0.25, 0.3) is 0 Å². The van der Waals surface area contributed by atoms with E-state index >= 15 is 0 Å². The largest absolute Gasteiger partial charge is 0.481 e. The number of carbonyl (C=O) groups is 1. The molecule has 122 valence electrons. The summed E-state index contributed by atoms with van der Waals surface area (Å²) in [6.45, 7) is 2.62. The van der Waals surface area contributed by atoms with E-state index in [1.165, 1.54) is 22.6 Å². The topological polar surface area (TPSA) is 29.5 Å². The molecule has 1 aliphatic rings. The second kappa shape index (κ2) is 7.01. The Kier molecular flexibility index (Phi) is 5.02. The monoisotopic (exact) mass is 397 g/mol. The minimum absolute atomic E-state index is 0.0934. The summed E-state index contributed by atoms with van der Waals surface area (Å²) in [5.74, 6) is -0.475. The van der Waals surface area contributed by atoms with Crippen molar-refractivity contribution in [2.45, 2.75) is 25.8 Å². The van der Waals surface area contributed by atoms with Gasteiger partial charge in [0.1, 0.15) is 0 Å². The minimum Gasteiger partial charge on any atom is -0.481 e. The van der Waals surface area contributed by atoms with Gasteiger partial charge in [-0.25, -0.2) is 4.39 Å². The van der Waals surface area contributed by atoms with Crippen molar-refractivity contribution < 1.29 is 13.9 Å². The molecule has 0 saturated carbocycles. The molecule has 3 rings (SSSR count). The molecule has 1 aromatic carbocycles. The highest BCUT2D eigenvalue weighted by atomic mass is 79.9. The Labute approximate surface area is 147 Å². The molecule has 1 amide bonds. The van der Waals surface area contributed by atoms with Crippen LogP contribution >= 0.6 is 27.3 Å². The van der Waals surface area contributed by atoms with Crippen LogP contribution in [0.1, 0.15) is 29.8 Å². The summed E-state index contributed by atoms with van der Waals surface area (Å²) in [4.78, 5) is 15.7. The molecule has 2 heterocycles. The molecule has 0 radical (unpaired) electrons. The number of thiophene rings is 1. The van der Waals surface area contributed by atoms with Crippen molar-refractivity contribution in [1.29, 1.82) is 0 Å². The van der Waals surface area contributed by atoms with Gasteiger partial charge in [-0.2, -0.15) is 0 Å². The van der Waals surface area contributed by atoms with E-state index in [9.17, 15) is 9.18 Å². The van der Waals surface area contributed by atoms with Crippen LogP contribution in [0.2, 0.25) is 0 Å². The molecule has 6 heteroatoms. The summed E-state index contributed by atoms with van der Waals surface area (Å²) in [6.07, 6.45) is 1.74. The minimum atomic E-state index is -0.474. The standard InChI is InChI=1S/C17H17BrFNO2S/c1-2-14-12-6-8-23-16(12)5-7-20(14)17(21)10-22-15-4-3-11(18)9-13(15)19/h3-4,6,8-9,14H,2,5,7,10H2,1H3. The number of hydrogen-bond acceptors (Lipinski definition) is 3. The molecule has 2 aromatic rings. The fourth-order valence-electron chi connectivity index (χ4n) is 2.95.